The van der Waals surface area contributed by atoms with Crippen molar-refractivity contribution < 1.29 is 19.8 Å². The summed E-state index contributed by atoms with van der Waals surface area (Å²) in [4.78, 5) is 22.1. The molecule has 2 aromatic rings. The van der Waals surface area contributed by atoms with E-state index in [2.05, 4.69) is 0 Å². The second-order valence-corrected chi connectivity index (χ2v) is 5.44. The lowest BCUT2D eigenvalue weighted by Gasteiger charge is -2.12. The van der Waals surface area contributed by atoms with Gasteiger partial charge in [-0.15, -0.1) is 0 Å². The van der Waals surface area contributed by atoms with Gasteiger partial charge in [-0.1, -0.05) is 48.0 Å². The Morgan fingerprint density at radius 3 is 2.00 bits per heavy atom. The summed E-state index contributed by atoms with van der Waals surface area (Å²) in [6.45, 7) is 0. The topological polar surface area (TPSA) is 74.6 Å². The molecule has 0 amide bonds. The Morgan fingerprint density at radius 1 is 0.909 bits per heavy atom. The van der Waals surface area contributed by atoms with Gasteiger partial charge in [0.1, 0.15) is 0 Å². The van der Waals surface area contributed by atoms with E-state index in [1.54, 1.807) is 24.3 Å². The first kappa shape index (κ1) is 16.0. The molecule has 0 unspecified atom stereocenters. The molecule has 0 radical (unpaired) electrons. The highest BCUT2D eigenvalue weighted by atomic mass is 35.5. The number of carbonyl (C=O) groups is 2. The number of hydrogen-bond donors (Lipinski definition) is 2. The van der Waals surface area contributed by atoms with Gasteiger partial charge in [0.2, 0.25) is 0 Å². The second kappa shape index (κ2) is 7.09. The molecular weight excluding hydrogens is 304 g/mol. The fourth-order valence-electron chi connectivity index (χ4n) is 2.25. The van der Waals surface area contributed by atoms with Gasteiger partial charge in [-0.05, 0) is 41.7 Å². The summed E-state index contributed by atoms with van der Waals surface area (Å²) in [5, 5.41) is 18.7. The van der Waals surface area contributed by atoms with Crippen molar-refractivity contribution in [2.45, 2.75) is 12.8 Å². The number of halogens is 1. The third-order valence-corrected chi connectivity index (χ3v) is 3.70. The van der Waals surface area contributed by atoms with Crippen LogP contribution in [0.2, 0.25) is 5.02 Å². The van der Waals surface area contributed by atoms with Gasteiger partial charge in [0.25, 0.3) is 0 Å². The van der Waals surface area contributed by atoms with E-state index in [9.17, 15) is 9.59 Å². The maximum atomic E-state index is 11.1. The van der Waals surface area contributed by atoms with Crippen LogP contribution in [-0.4, -0.2) is 22.2 Å². The molecule has 2 aromatic carbocycles. The summed E-state index contributed by atoms with van der Waals surface area (Å²) in [6, 6.07) is 14.6. The normalized spacial score (nSPS) is 10.6. The van der Waals surface area contributed by atoms with Crippen LogP contribution in [0, 0.1) is 5.92 Å². The summed E-state index contributed by atoms with van der Waals surface area (Å²) in [5.74, 6) is -4.09. The van der Waals surface area contributed by atoms with E-state index in [0.717, 1.165) is 16.7 Å². The van der Waals surface area contributed by atoms with Crippen molar-refractivity contribution in [2.75, 3.05) is 0 Å². The van der Waals surface area contributed by atoms with Gasteiger partial charge < -0.3 is 10.2 Å². The standard InChI is InChI=1S/C17H15ClO4/c18-14-7-5-11(6-8-14)9-12-3-1-2-4-13(12)10-15(16(19)20)17(21)22/h1-8,15H,9-10H2,(H,19,20)(H,21,22). The lowest BCUT2D eigenvalue weighted by atomic mass is 9.92. The van der Waals surface area contributed by atoms with E-state index in [-0.39, 0.29) is 6.42 Å². The van der Waals surface area contributed by atoms with Crippen molar-refractivity contribution in [3.8, 4) is 0 Å². The molecule has 5 heteroatoms. The fourth-order valence-corrected chi connectivity index (χ4v) is 2.38. The molecule has 0 aliphatic rings. The van der Waals surface area contributed by atoms with Gasteiger partial charge in [0, 0.05) is 5.02 Å². The predicted octanol–water partition coefficient (Wildman–Crippen LogP) is 3.26. The first-order valence-corrected chi connectivity index (χ1v) is 7.12. The average molecular weight is 319 g/mol. The second-order valence-electron chi connectivity index (χ2n) is 5.01. The van der Waals surface area contributed by atoms with Crippen molar-refractivity contribution in [3.63, 3.8) is 0 Å². The number of benzene rings is 2. The molecule has 4 nitrogen and oxygen atoms in total. The Bertz CT molecular complexity index is 665. The largest absolute Gasteiger partial charge is 0.481 e. The van der Waals surface area contributed by atoms with Crippen LogP contribution in [0.1, 0.15) is 16.7 Å². The molecular formula is C17H15ClO4. The van der Waals surface area contributed by atoms with Gasteiger partial charge in [-0.2, -0.15) is 0 Å². The third-order valence-electron chi connectivity index (χ3n) is 3.45. The van der Waals surface area contributed by atoms with E-state index in [1.807, 2.05) is 24.3 Å². The minimum absolute atomic E-state index is 0.0333. The van der Waals surface area contributed by atoms with E-state index in [4.69, 9.17) is 21.8 Å². The first-order chi connectivity index (χ1) is 10.5. The highest BCUT2D eigenvalue weighted by Gasteiger charge is 2.26. The number of aliphatic carboxylic acids is 2. The molecule has 0 spiro atoms. The van der Waals surface area contributed by atoms with Crippen molar-refractivity contribution in [3.05, 3.63) is 70.2 Å². The third kappa shape index (κ3) is 4.09. The van der Waals surface area contributed by atoms with E-state index < -0.39 is 17.9 Å². The monoisotopic (exact) mass is 318 g/mol. The van der Waals surface area contributed by atoms with Crippen LogP contribution in [0.4, 0.5) is 0 Å². The quantitative estimate of drug-likeness (QED) is 0.802. The summed E-state index contributed by atoms with van der Waals surface area (Å²) < 4.78 is 0. The highest BCUT2D eigenvalue weighted by molar-refractivity contribution is 6.30. The Morgan fingerprint density at radius 2 is 1.45 bits per heavy atom. The highest BCUT2D eigenvalue weighted by Crippen LogP contribution is 2.19. The molecule has 2 N–H and O–H groups in total. The zero-order chi connectivity index (χ0) is 16.1. The first-order valence-electron chi connectivity index (χ1n) is 6.74. The molecule has 2 rings (SSSR count). The average Bonchev–Trinajstić information content (AvgIpc) is 2.48. The van der Waals surface area contributed by atoms with Crippen LogP contribution < -0.4 is 0 Å². The van der Waals surface area contributed by atoms with E-state index in [1.165, 1.54) is 0 Å². The van der Waals surface area contributed by atoms with Crippen LogP contribution in [0.3, 0.4) is 0 Å². The Kier molecular flexibility index (Phi) is 5.17. The Hall–Kier alpha value is -2.33. The van der Waals surface area contributed by atoms with Crippen LogP contribution in [0.5, 0.6) is 0 Å². The smallest absolute Gasteiger partial charge is 0.318 e. The van der Waals surface area contributed by atoms with Gasteiger partial charge in [0.15, 0.2) is 5.92 Å². The van der Waals surface area contributed by atoms with Crippen molar-refractivity contribution in [1.82, 2.24) is 0 Å². The number of rotatable bonds is 6. The zero-order valence-electron chi connectivity index (χ0n) is 11.7. The minimum Gasteiger partial charge on any atom is -0.481 e. The number of carboxylic acid groups (broad SMARTS) is 2. The molecule has 114 valence electrons. The van der Waals surface area contributed by atoms with Gasteiger partial charge >= 0.3 is 11.9 Å². The van der Waals surface area contributed by atoms with Crippen molar-refractivity contribution >= 4 is 23.5 Å². The molecule has 0 aliphatic carbocycles. The predicted molar refractivity (Wildman–Crippen MR) is 83.2 cm³/mol. The molecule has 22 heavy (non-hydrogen) atoms. The van der Waals surface area contributed by atoms with E-state index in [0.29, 0.717) is 11.4 Å². The Balaban J connectivity index is 2.24. The minimum atomic E-state index is -1.44. The lowest BCUT2D eigenvalue weighted by Crippen LogP contribution is -2.26. The molecule has 0 heterocycles. The molecule has 0 saturated carbocycles. The molecule has 0 aromatic heterocycles. The van der Waals surface area contributed by atoms with Crippen LogP contribution in [0.25, 0.3) is 0 Å². The summed E-state index contributed by atoms with van der Waals surface area (Å²) >= 11 is 5.85. The fraction of sp³-hybridized carbons (Fsp3) is 0.176. The number of carboxylic acids is 2. The Labute approximate surface area is 133 Å². The van der Waals surface area contributed by atoms with Crippen molar-refractivity contribution in [2.24, 2.45) is 5.92 Å². The van der Waals surface area contributed by atoms with Gasteiger partial charge in [-0.25, -0.2) is 0 Å². The summed E-state index contributed by atoms with van der Waals surface area (Å²) in [7, 11) is 0. The zero-order valence-corrected chi connectivity index (χ0v) is 12.5. The van der Waals surface area contributed by atoms with Crippen LogP contribution >= 0.6 is 11.6 Å². The molecule has 0 fully saturated rings. The molecule has 0 aliphatic heterocycles. The van der Waals surface area contributed by atoms with Gasteiger partial charge in [0.05, 0.1) is 0 Å². The maximum absolute atomic E-state index is 11.1. The molecule has 0 bridgehead atoms. The summed E-state index contributed by atoms with van der Waals surface area (Å²) in [5.41, 5.74) is 2.67. The lowest BCUT2D eigenvalue weighted by molar-refractivity contribution is -0.154. The van der Waals surface area contributed by atoms with E-state index >= 15 is 0 Å². The van der Waals surface area contributed by atoms with Crippen LogP contribution in [-0.2, 0) is 22.4 Å². The number of hydrogen-bond acceptors (Lipinski definition) is 2. The van der Waals surface area contributed by atoms with Crippen molar-refractivity contribution in [1.29, 1.82) is 0 Å². The van der Waals surface area contributed by atoms with Crippen LogP contribution in [0.15, 0.2) is 48.5 Å². The van der Waals surface area contributed by atoms with Gasteiger partial charge in [-0.3, -0.25) is 9.59 Å². The summed E-state index contributed by atoms with van der Waals surface area (Å²) in [6.07, 6.45) is 0.563. The SMILES string of the molecule is O=C(O)C(Cc1ccccc1Cc1ccc(Cl)cc1)C(=O)O. The maximum Gasteiger partial charge on any atom is 0.318 e. The molecule has 0 atom stereocenters. The molecule has 0 saturated heterocycles.